The van der Waals surface area contributed by atoms with E-state index >= 15 is 0 Å². The average Bonchev–Trinajstić information content (AvgIpc) is 3.38. The number of nitrogens with one attached hydrogen (secondary N) is 1. The topological polar surface area (TPSA) is 105 Å². The zero-order chi connectivity index (χ0) is 20.0. The van der Waals surface area contributed by atoms with Gasteiger partial charge in [-0.3, -0.25) is 14.9 Å². The monoisotopic (exact) mass is 386 g/mol. The molecule has 3 aromatic heterocycles. The largest absolute Gasteiger partial charge is 0.316 e. The summed E-state index contributed by atoms with van der Waals surface area (Å²) >= 11 is 0. The smallest absolute Gasteiger partial charge is 0.249 e. The Morgan fingerprint density at radius 3 is 2.86 bits per heavy atom. The molecule has 29 heavy (non-hydrogen) atoms. The number of ketones is 1. The number of H-pyrrole nitrogens is 1. The van der Waals surface area contributed by atoms with E-state index in [0.717, 1.165) is 33.4 Å². The summed E-state index contributed by atoms with van der Waals surface area (Å²) in [5.41, 5.74) is 5.29. The molecule has 5 rings (SSSR count). The van der Waals surface area contributed by atoms with Crippen LogP contribution in [0.3, 0.4) is 0 Å². The van der Waals surface area contributed by atoms with Crippen molar-refractivity contribution in [3.05, 3.63) is 59.6 Å². The van der Waals surface area contributed by atoms with Crippen LogP contribution in [0.25, 0.3) is 22.2 Å². The van der Waals surface area contributed by atoms with Crippen LogP contribution >= 0.6 is 0 Å². The molecule has 0 unspecified atom stereocenters. The van der Waals surface area contributed by atoms with Gasteiger partial charge in [0.2, 0.25) is 5.95 Å². The molecule has 0 radical (unpaired) electrons. The second-order valence-corrected chi connectivity index (χ2v) is 7.05. The first kappa shape index (κ1) is 17.2. The highest BCUT2D eigenvalue weighted by Gasteiger charge is 2.26. The van der Waals surface area contributed by atoms with Crippen molar-refractivity contribution in [2.45, 2.75) is 19.9 Å². The van der Waals surface area contributed by atoms with E-state index in [4.69, 9.17) is 0 Å². The number of fused-ring (bicyclic) bond motifs is 2. The van der Waals surface area contributed by atoms with Gasteiger partial charge in [-0.05, 0) is 47.2 Å². The van der Waals surface area contributed by atoms with E-state index in [9.17, 15) is 4.79 Å². The number of benzene rings is 1. The summed E-state index contributed by atoms with van der Waals surface area (Å²) in [7, 11) is 1.86. The third-order valence-corrected chi connectivity index (χ3v) is 5.34. The van der Waals surface area contributed by atoms with Crippen molar-refractivity contribution < 1.29 is 4.79 Å². The summed E-state index contributed by atoms with van der Waals surface area (Å²) in [6, 6.07) is 9.78. The van der Waals surface area contributed by atoms with E-state index < -0.39 is 0 Å². The van der Waals surface area contributed by atoms with E-state index in [1.54, 1.807) is 17.1 Å². The van der Waals surface area contributed by atoms with Crippen LogP contribution in [0, 0.1) is 0 Å². The van der Waals surface area contributed by atoms with Crippen molar-refractivity contribution in [2.75, 3.05) is 11.9 Å². The molecule has 0 fully saturated rings. The van der Waals surface area contributed by atoms with Crippen molar-refractivity contribution in [1.82, 2.24) is 35.4 Å². The summed E-state index contributed by atoms with van der Waals surface area (Å²) in [6.45, 7) is 2.31. The lowest BCUT2D eigenvalue weighted by molar-refractivity contribution is -0.115. The minimum Gasteiger partial charge on any atom is -0.316 e. The molecule has 1 aliphatic rings. The van der Waals surface area contributed by atoms with Gasteiger partial charge in [-0.2, -0.15) is 5.10 Å². The predicted octanol–water partition coefficient (Wildman–Crippen LogP) is 2.15. The number of carbonyl (C=O) groups excluding carboxylic acids is 1. The summed E-state index contributed by atoms with van der Waals surface area (Å²) in [4.78, 5) is 19.0. The molecule has 0 saturated carbocycles. The molecule has 0 bridgehead atoms. The number of aromatic amines is 1. The highest BCUT2D eigenvalue weighted by atomic mass is 16.1. The molecule has 144 valence electrons. The van der Waals surface area contributed by atoms with E-state index in [-0.39, 0.29) is 5.78 Å². The third-order valence-electron chi connectivity index (χ3n) is 5.34. The van der Waals surface area contributed by atoms with Gasteiger partial charge in [0.05, 0.1) is 12.1 Å². The number of hydrogen-bond acceptors (Lipinski definition) is 7. The second kappa shape index (κ2) is 6.62. The highest BCUT2D eigenvalue weighted by Crippen LogP contribution is 2.28. The first-order valence-corrected chi connectivity index (χ1v) is 9.22. The van der Waals surface area contributed by atoms with Crippen molar-refractivity contribution in [1.29, 1.82) is 0 Å². The number of carbonyl (C=O) groups is 1. The Balaban J connectivity index is 1.46. The summed E-state index contributed by atoms with van der Waals surface area (Å²) < 4.78 is 1.64. The van der Waals surface area contributed by atoms with Gasteiger partial charge in [-0.15, -0.1) is 0 Å². The van der Waals surface area contributed by atoms with Crippen molar-refractivity contribution in [3.8, 4) is 11.3 Å². The van der Waals surface area contributed by atoms with Crippen LogP contribution < -0.4 is 4.90 Å². The fourth-order valence-electron chi connectivity index (χ4n) is 3.64. The number of allylic oxidation sites excluding steroid dienone is 2. The SMILES string of the molecule is CC1=C(C(=O)Cc2ccc3[nH]nc(-c4ccncc4)c3c2)Cn2nnnc2N1C. The molecule has 0 saturated heterocycles. The number of aromatic nitrogens is 7. The van der Waals surface area contributed by atoms with Gasteiger partial charge in [0.15, 0.2) is 5.78 Å². The van der Waals surface area contributed by atoms with Crippen LogP contribution in [-0.2, 0) is 17.8 Å². The number of Topliss-reactive ketones (excluding diaryl/α,β-unsaturated/α-hetero) is 1. The van der Waals surface area contributed by atoms with Crippen LogP contribution in [0.5, 0.6) is 0 Å². The summed E-state index contributed by atoms with van der Waals surface area (Å²) in [5.74, 6) is 0.699. The Morgan fingerprint density at radius 1 is 1.21 bits per heavy atom. The lowest BCUT2D eigenvalue weighted by Crippen LogP contribution is -2.30. The normalized spacial score (nSPS) is 13.8. The summed E-state index contributed by atoms with van der Waals surface area (Å²) in [6.07, 6.45) is 3.78. The Labute approximate surface area is 166 Å². The van der Waals surface area contributed by atoms with E-state index in [2.05, 4.69) is 30.7 Å². The van der Waals surface area contributed by atoms with Crippen molar-refractivity contribution >= 4 is 22.6 Å². The van der Waals surface area contributed by atoms with Gasteiger partial charge in [0.25, 0.3) is 0 Å². The molecule has 1 N–H and O–H groups in total. The fourth-order valence-corrected chi connectivity index (χ4v) is 3.64. The van der Waals surface area contributed by atoms with Gasteiger partial charge in [0, 0.05) is 48.1 Å². The fraction of sp³-hybridized carbons (Fsp3) is 0.200. The van der Waals surface area contributed by atoms with Crippen LogP contribution in [0.4, 0.5) is 5.95 Å². The van der Waals surface area contributed by atoms with E-state index in [0.29, 0.717) is 24.5 Å². The second-order valence-electron chi connectivity index (χ2n) is 7.05. The number of rotatable bonds is 4. The molecule has 9 nitrogen and oxygen atoms in total. The molecule has 0 spiro atoms. The van der Waals surface area contributed by atoms with Crippen LogP contribution in [0.15, 0.2) is 54.0 Å². The van der Waals surface area contributed by atoms with Crippen molar-refractivity contribution in [3.63, 3.8) is 0 Å². The van der Waals surface area contributed by atoms with Gasteiger partial charge in [-0.25, -0.2) is 4.68 Å². The van der Waals surface area contributed by atoms with Gasteiger partial charge >= 0.3 is 0 Å². The maximum atomic E-state index is 13.1. The molecular weight excluding hydrogens is 368 g/mol. The molecule has 1 aliphatic heterocycles. The minimum absolute atomic E-state index is 0.0591. The molecule has 0 amide bonds. The molecular formula is C20H18N8O. The van der Waals surface area contributed by atoms with E-state index in [1.165, 1.54) is 0 Å². The van der Waals surface area contributed by atoms with Crippen molar-refractivity contribution in [2.24, 2.45) is 0 Å². The predicted molar refractivity (Wildman–Crippen MR) is 107 cm³/mol. The quantitative estimate of drug-likeness (QED) is 0.573. The Morgan fingerprint density at radius 2 is 2.03 bits per heavy atom. The van der Waals surface area contributed by atoms with Gasteiger partial charge in [0.1, 0.15) is 5.69 Å². The number of pyridine rings is 1. The molecule has 9 heteroatoms. The Kier molecular flexibility index (Phi) is 3.94. The lowest BCUT2D eigenvalue weighted by Gasteiger charge is -2.26. The number of anilines is 1. The molecule has 4 heterocycles. The minimum atomic E-state index is 0.0591. The maximum Gasteiger partial charge on any atom is 0.249 e. The van der Waals surface area contributed by atoms with Crippen LogP contribution in [0.2, 0.25) is 0 Å². The molecule has 0 aliphatic carbocycles. The Bertz CT molecular complexity index is 1250. The number of hydrogen-bond donors (Lipinski definition) is 1. The molecule has 4 aromatic rings. The maximum absolute atomic E-state index is 13.1. The average molecular weight is 386 g/mol. The number of tetrazole rings is 1. The van der Waals surface area contributed by atoms with Crippen LogP contribution in [0.1, 0.15) is 12.5 Å². The molecule has 1 aromatic carbocycles. The summed E-state index contributed by atoms with van der Waals surface area (Å²) in [5, 5.41) is 20.1. The zero-order valence-corrected chi connectivity index (χ0v) is 16.0. The first-order valence-electron chi connectivity index (χ1n) is 9.22. The third kappa shape index (κ3) is 2.87. The first-order chi connectivity index (χ1) is 14.1. The standard InChI is InChI=1S/C20H18N8O/c1-12-16(11-28-20(27(12)2)24-25-26-28)18(29)10-13-3-4-17-15(9-13)19(23-22-17)14-5-7-21-8-6-14/h3-9H,10-11H2,1-2H3,(H,22,23). The Hall–Kier alpha value is -3.88. The van der Waals surface area contributed by atoms with Gasteiger partial charge < -0.3 is 4.90 Å². The molecule has 0 atom stereocenters. The lowest BCUT2D eigenvalue weighted by atomic mass is 9.98. The number of nitrogens with zero attached hydrogens (tertiary/aromatic N) is 7. The zero-order valence-electron chi connectivity index (χ0n) is 16.0. The van der Waals surface area contributed by atoms with E-state index in [1.807, 2.05) is 49.2 Å². The highest BCUT2D eigenvalue weighted by molar-refractivity contribution is 5.99. The van der Waals surface area contributed by atoms with Crippen LogP contribution in [-0.4, -0.2) is 48.2 Å². The van der Waals surface area contributed by atoms with Gasteiger partial charge in [-0.1, -0.05) is 11.2 Å².